The summed E-state index contributed by atoms with van der Waals surface area (Å²) in [6.07, 6.45) is 14.7. The van der Waals surface area contributed by atoms with E-state index in [-0.39, 0.29) is 11.5 Å². The lowest BCUT2D eigenvalue weighted by molar-refractivity contribution is -0.143. The minimum absolute atomic E-state index is 0.102. The van der Waals surface area contributed by atoms with Gasteiger partial charge in [0.25, 0.3) is 0 Å². The minimum atomic E-state index is -0.103. The van der Waals surface area contributed by atoms with E-state index in [4.69, 9.17) is 4.84 Å². The normalized spacial score (nSPS) is 30.4. The van der Waals surface area contributed by atoms with Crippen LogP contribution in [-0.2, 0) is 22.5 Å². The van der Waals surface area contributed by atoms with Gasteiger partial charge in [-0.3, -0.25) is 4.79 Å². The van der Waals surface area contributed by atoms with Crippen molar-refractivity contribution < 1.29 is 9.63 Å². The fourth-order valence-corrected chi connectivity index (χ4v) is 5.25. The maximum Gasteiger partial charge on any atom is 0.326 e. The fraction of sp³-hybridized carbons (Fsp3) is 0.609. The summed E-state index contributed by atoms with van der Waals surface area (Å²) in [6.45, 7) is 3.82. The van der Waals surface area contributed by atoms with Crippen LogP contribution in [0.5, 0.6) is 0 Å². The van der Waals surface area contributed by atoms with E-state index >= 15 is 0 Å². The highest BCUT2D eigenvalue weighted by Crippen LogP contribution is 2.45. The van der Waals surface area contributed by atoms with Crippen molar-refractivity contribution in [3.8, 4) is 0 Å². The fourth-order valence-electron chi connectivity index (χ4n) is 5.25. The number of allylic oxidation sites excluding steroid dienone is 1. The maximum absolute atomic E-state index is 11.5. The molecular weight excluding hydrogens is 322 g/mol. The van der Waals surface area contributed by atoms with E-state index in [1.165, 1.54) is 44.1 Å². The van der Waals surface area contributed by atoms with Gasteiger partial charge in [0.1, 0.15) is 0 Å². The monoisotopic (exact) mass is 353 g/mol. The molecule has 1 aliphatic heterocycles. The van der Waals surface area contributed by atoms with Crippen LogP contribution in [0.1, 0.15) is 80.4 Å². The Morgan fingerprint density at radius 2 is 2.19 bits per heavy atom. The summed E-state index contributed by atoms with van der Waals surface area (Å²) in [4.78, 5) is 16.5. The smallest absolute Gasteiger partial charge is 0.326 e. The van der Waals surface area contributed by atoms with E-state index in [2.05, 4.69) is 30.3 Å². The maximum atomic E-state index is 11.5. The van der Waals surface area contributed by atoms with Gasteiger partial charge in [0, 0.05) is 0 Å². The van der Waals surface area contributed by atoms with Crippen LogP contribution in [-0.4, -0.2) is 11.5 Å². The van der Waals surface area contributed by atoms with Crippen LogP contribution >= 0.6 is 0 Å². The number of carbonyl (C=O) groups is 1. The summed E-state index contributed by atoms with van der Waals surface area (Å²) in [5.41, 5.74) is 7.52. The first-order valence-corrected chi connectivity index (χ1v) is 10.4. The molecule has 2 fully saturated rings. The van der Waals surface area contributed by atoms with Crippen molar-refractivity contribution in [2.45, 2.75) is 82.1 Å². The van der Waals surface area contributed by atoms with Gasteiger partial charge in [-0.25, -0.2) is 0 Å². The van der Waals surface area contributed by atoms with Crippen LogP contribution < -0.4 is 5.48 Å². The highest BCUT2D eigenvalue weighted by Gasteiger charge is 2.46. The second kappa shape index (κ2) is 7.56. The molecule has 0 radical (unpaired) electrons. The summed E-state index contributed by atoms with van der Waals surface area (Å²) in [5.74, 6) is 1.31. The van der Waals surface area contributed by atoms with E-state index in [1.54, 1.807) is 11.1 Å². The second-order valence-corrected chi connectivity index (χ2v) is 8.68. The van der Waals surface area contributed by atoms with Gasteiger partial charge in [-0.05, 0) is 79.9 Å². The molecule has 140 valence electrons. The lowest BCUT2D eigenvalue weighted by atomic mass is 9.79. The average molecular weight is 354 g/mol. The molecule has 0 aromatic heterocycles. The Labute approximate surface area is 157 Å². The molecule has 0 amide bonds. The molecule has 3 nitrogen and oxygen atoms in total. The predicted octanol–water partition coefficient (Wildman–Crippen LogP) is 5.00. The van der Waals surface area contributed by atoms with Crippen molar-refractivity contribution in [3.05, 3.63) is 47.5 Å². The third-order valence-corrected chi connectivity index (χ3v) is 6.78. The first kappa shape index (κ1) is 17.8. The Morgan fingerprint density at radius 3 is 3.00 bits per heavy atom. The number of aryl methyl sites for hydroxylation is 1. The Hall–Kier alpha value is -1.61. The largest absolute Gasteiger partial charge is 0.370 e. The van der Waals surface area contributed by atoms with E-state index in [9.17, 15) is 4.79 Å². The van der Waals surface area contributed by atoms with Crippen LogP contribution in [0.2, 0.25) is 0 Å². The molecule has 26 heavy (non-hydrogen) atoms. The molecule has 4 rings (SSSR count). The van der Waals surface area contributed by atoms with Crippen LogP contribution in [0.15, 0.2) is 30.9 Å². The number of rotatable bonds is 6. The van der Waals surface area contributed by atoms with Crippen molar-refractivity contribution in [3.63, 3.8) is 0 Å². The van der Waals surface area contributed by atoms with Crippen LogP contribution in [0, 0.1) is 5.92 Å². The molecule has 1 heterocycles. The molecule has 3 atom stereocenters. The van der Waals surface area contributed by atoms with Gasteiger partial charge >= 0.3 is 5.97 Å². The highest BCUT2D eigenvalue weighted by molar-refractivity contribution is 5.72. The van der Waals surface area contributed by atoms with E-state index in [0.717, 1.165) is 31.6 Å². The van der Waals surface area contributed by atoms with Crippen molar-refractivity contribution in [2.24, 2.45) is 5.92 Å². The molecule has 1 aromatic rings. The van der Waals surface area contributed by atoms with Gasteiger partial charge in [0.05, 0.1) is 12.0 Å². The number of fused-ring (bicyclic) bond motifs is 1. The molecule has 1 saturated carbocycles. The van der Waals surface area contributed by atoms with E-state index in [0.29, 0.717) is 12.3 Å². The third kappa shape index (κ3) is 3.73. The second-order valence-electron chi connectivity index (χ2n) is 8.68. The van der Waals surface area contributed by atoms with Gasteiger partial charge in [-0.2, -0.15) is 0 Å². The van der Waals surface area contributed by atoms with Gasteiger partial charge in [0.15, 0.2) is 0 Å². The number of unbranched alkanes of at least 4 members (excludes halogenated alkanes) is 2. The molecule has 1 N–H and O–H groups in total. The SMILES string of the molecule is C=CCCCC[C@H]1CCc2cc([C@H]3CC[C@@]4(CC(=O)ON4)C3)ccc2C1. The molecule has 1 spiro atoms. The summed E-state index contributed by atoms with van der Waals surface area (Å²) < 4.78 is 0. The Morgan fingerprint density at radius 1 is 1.27 bits per heavy atom. The topological polar surface area (TPSA) is 38.3 Å². The standard InChI is InChI=1S/C23H31NO2/c1-2-3-4-5-6-17-7-8-19-14-20(10-9-18(19)13-17)21-11-12-23(15-21)16-22(25)26-24-23/h2,9-10,14,17,21,24H,1,3-8,11-13,15-16H2/t17-,21-,23-/m0/s1. The van der Waals surface area contributed by atoms with Crippen molar-refractivity contribution in [2.75, 3.05) is 0 Å². The lowest BCUT2D eigenvalue weighted by Gasteiger charge is -2.26. The van der Waals surface area contributed by atoms with Crippen LogP contribution in [0.4, 0.5) is 0 Å². The Bertz CT molecular complexity index is 683. The summed E-state index contributed by atoms with van der Waals surface area (Å²) in [6, 6.07) is 7.19. The van der Waals surface area contributed by atoms with Crippen molar-refractivity contribution >= 4 is 5.97 Å². The molecule has 3 aliphatic rings. The Balaban J connectivity index is 1.37. The molecule has 1 aromatic carbocycles. The summed E-state index contributed by atoms with van der Waals surface area (Å²) in [5, 5.41) is 0. The van der Waals surface area contributed by atoms with E-state index < -0.39 is 0 Å². The number of benzene rings is 1. The molecule has 0 unspecified atom stereocenters. The number of hydrogen-bond acceptors (Lipinski definition) is 3. The zero-order valence-electron chi connectivity index (χ0n) is 15.8. The number of nitrogens with one attached hydrogen (secondary N) is 1. The van der Waals surface area contributed by atoms with Crippen molar-refractivity contribution in [1.29, 1.82) is 0 Å². The third-order valence-electron chi connectivity index (χ3n) is 6.78. The highest BCUT2D eigenvalue weighted by atomic mass is 16.7. The summed E-state index contributed by atoms with van der Waals surface area (Å²) in [7, 11) is 0. The predicted molar refractivity (Wildman–Crippen MR) is 104 cm³/mol. The first-order valence-electron chi connectivity index (χ1n) is 10.4. The quantitative estimate of drug-likeness (QED) is 0.578. The van der Waals surface area contributed by atoms with Crippen molar-refractivity contribution in [1.82, 2.24) is 5.48 Å². The van der Waals surface area contributed by atoms with Crippen LogP contribution in [0.25, 0.3) is 0 Å². The van der Waals surface area contributed by atoms with E-state index in [1.807, 2.05) is 6.08 Å². The Kier molecular flexibility index (Phi) is 5.17. The lowest BCUT2D eigenvalue weighted by Crippen LogP contribution is -2.35. The molecule has 2 aliphatic carbocycles. The van der Waals surface area contributed by atoms with Gasteiger partial charge < -0.3 is 4.84 Å². The zero-order chi connectivity index (χ0) is 18.0. The minimum Gasteiger partial charge on any atom is -0.370 e. The molecule has 1 saturated heterocycles. The number of hydrogen-bond donors (Lipinski definition) is 1. The molecule has 0 bridgehead atoms. The zero-order valence-corrected chi connectivity index (χ0v) is 15.8. The van der Waals surface area contributed by atoms with Crippen LogP contribution in [0.3, 0.4) is 0 Å². The first-order chi connectivity index (χ1) is 12.7. The number of hydroxylamine groups is 1. The molecule has 3 heteroatoms. The average Bonchev–Trinajstić information content (AvgIpc) is 3.24. The number of carbonyl (C=O) groups excluding carboxylic acids is 1. The van der Waals surface area contributed by atoms with Gasteiger partial charge in [-0.15, -0.1) is 12.1 Å². The summed E-state index contributed by atoms with van der Waals surface area (Å²) >= 11 is 0. The van der Waals surface area contributed by atoms with Gasteiger partial charge in [0.2, 0.25) is 0 Å². The molecular formula is C23H31NO2. The van der Waals surface area contributed by atoms with Gasteiger partial charge in [-0.1, -0.05) is 37.1 Å².